The highest BCUT2D eigenvalue weighted by Crippen LogP contribution is 2.10. The van der Waals surface area contributed by atoms with Crippen LogP contribution in [0, 0.1) is 0 Å². The summed E-state index contributed by atoms with van der Waals surface area (Å²) in [6.45, 7) is 0.655. The van der Waals surface area contributed by atoms with Crippen LogP contribution in [0.3, 0.4) is 0 Å². The van der Waals surface area contributed by atoms with Crippen LogP contribution in [-0.4, -0.2) is 6.47 Å². The molecule has 0 atom stereocenters. The zero-order chi connectivity index (χ0) is 8.10. The van der Waals surface area contributed by atoms with E-state index in [0.29, 0.717) is 12.2 Å². The number of hydrogen-bond donors (Lipinski definition) is 1. The molecule has 1 aromatic carbocycles. The molecule has 0 heterocycles. The molecular weight excluding hydrogens is 142 g/mol. The van der Waals surface area contributed by atoms with Gasteiger partial charge in [-0.05, 0) is 6.07 Å². The van der Waals surface area contributed by atoms with Crippen LogP contribution in [0.25, 0.3) is 0 Å². The maximum absolute atomic E-state index is 9.83. The molecule has 0 bridgehead atoms. The van der Waals surface area contributed by atoms with Gasteiger partial charge in [-0.15, -0.1) is 0 Å². The topological polar surface area (TPSA) is 52.3 Å². The molecule has 0 fully saturated rings. The monoisotopic (exact) mass is 151 g/mol. The van der Waals surface area contributed by atoms with Crippen LogP contribution in [0.2, 0.25) is 0 Å². The molecule has 1 aromatic rings. The van der Waals surface area contributed by atoms with Gasteiger partial charge in [0, 0.05) is 11.3 Å². The summed E-state index contributed by atoms with van der Waals surface area (Å²) in [5, 5.41) is 0. The van der Waals surface area contributed by atoms with Crippen LogP contribution in [0.15, 0.2) is 24.3 Å². The summed E-state index contributed by atoms with van der Waals surface area (Å²) in [5.41, 5.74) is 7.05. The summed E-state index contributed by atoms with van der Waals surface area (Å²) in [5.74, 6) is 0. The fourth-order valence-electron chi connectivity index (χ4n) is 0.789. The predicted molar refractivity (Wildman–Crippen MR) is 41.7 cm³/mol. The quantitative estimate of drug-likeness (QED) is 0.516. The molecule has 0 aliphatic carbocycles. The first-order valence-corrected chi connectivity index (χ1v) is 3.23. The van der Waals surface area contributed by atoms with E-state index in [1.807, 2.05) is 18.2 Å². The smallest absolute Gasteiger partial charge is 0.293 e. The van der Waals surface area contributed by atoms with E-state index in [-0.39, 0.29) is 6.61 Å². The molecule has 58 valence electrons. The van der Waals surface area contributed by atoms with Crippen molar-refractivity contribution >= 4 is 12.2 Å². The van der Waals surface area contributed by atoms with Gasteiger partial charge in [-0.3, -0.25) is 4.79 Å². The van der Waals surface area contributed by atoms with Crippen molar-refractivity contribution in [2.24, 2.45) is 0 Å². The van der Waals surface area contributed by atoms with E-state index in [4.69, 9.17) is 5.73 Å². The van der Waals surface area contributed by atoms with Gasteiger partial charge < -0.3 is 10.5 Å². The van der Waals surface area contributed by atoms with Crippen LogP contribution in [-0.2, 0) is 16.1 Å². The lowest BCUT2D eigenvalue weighted by molar-refractivity contribution is -0.129. The van der Waals surface area contributed by atoms with Gasteiger partial charge in [-0.1, -0.05) is 18.2 Å². The molecule has 0 radical (unpaired) electrons. The summed E-state index contributed by atoms with van der Waals surface area (Å²) in [6.07, 6.45) is 0. The minimum absolute atomic E-state index is 0.246. The van der Waals surface area contributed by atoms with Crippen LogP contribution >= 0.6 is 0 Å². The molecule has 2 N–H and O–H groups in total. The standard InChI is InChI=1S/C8H9NO2/c9-8-4-2-1-3-7(8)5-11-6-10/h1-4,6H,5,9H2. The molecule has 1 rings (SSSR count). The third-order valence-corrected chi connectivity index (χ3v) is 1.36. The molecule has 0 aliphatic heterocycles. The minimum atomic E-state index is 0.246. The number of carbonyl (C=O) groups is 1. The number of benzene rings is 1. The number of ether oxygens (including phenoxy) is 1. The second kappa shape index (κ2) is 3.61. The second-order valence-corrected chi connectivity index (χ2v) is 2.11. The molecule has 0 aliphatic rings. The number of nitrogen functional groups attached to an aromatic ring is 1. The average molecular weight is 151 g/mol. The summed E-state index contributed by atoms with van der Waals surface area (Å²) < 4.78 is 4.54. The van der Waals surface area contributed by atoms with Gasteiger partial charge in [0.05, 0.1) is 0 Å². The first-order valence-electron chi connectivity index (χ1n) is 3.23. The Labute approximate surface area is 64.8 Å². The molecule has 0 saturated carbocycles. The maximum Gasteiger partial charge on any atom is 0.293 e. The van der Waals surface area contributed by atoms with E-state index in [0.717, 1.165) is 5.56 Å². The SMILES string of the molecule is Nc1ccccc1COC=O. The lowest BCUT2D eigenvalue weighted by atomic mass is 10.2. The number of carbonyl (C=O) groups excluding carboxylic acids is 1. The van der Waals surface area contributed by atoms with Gasteiger partial charge in [0.1, 0.15) is 6.61 Å². The van der Waals surface area contributed by atoms with Crippen molar-refractivity contribution in [1.82, 2.24) is 0 Å². The maximum atomic E-state index is 9.83. The molecule has 0 spiro atoms. The van der Waals surface area contributed by atoms with Crippen LogP contribution in [0.5, 0.6) is 0 Å². The first kappa shape index (κ1) is 7.60. The Balaban J connectivity index is 2.69. The Morgan fingerprint density at radius 3 is 2.82 bits per heavy atom. The van der Waals surface area contributed by atoms with Crippen molar-refractivity contribution in [3.8, 4) is 0 Å². The highest BCUT2D eigenvalue weighted by atomic mass is 16.5. The third-order valence-electron chi connectivity index (χ3n) is 1.36. The van der Waals surface area contributed by atoms with Crippen molar-refractivity contribution in [2.75, 3.05) is 5.73 Å². The molecule has 0 aromatic heterocycles. The lowest BCUT2D eigenvalue weighted by Gasteiger charge is -2.01. The summed E-state index contributed by atoms with van der Waals surface area (Å²) in [4.78, 5) is 9.83. The second-order valence-electron chi connectivity index (χ2n) is 2.11. The largest absolute Gasteiger partial charge is 0.463 e. The first-order chi connectivity index (χ1) is 5.34. The van der Waals surface area contributed by atoms with Crippen molar-refractivity contribution in [3.63, 3.8) is 0 Å². The Kier molecular flexibility index (Phi) is 2.49. The summed E-state index contributed by atoms with van der Waals surface area (Å²) >= 11 is 0. The van der Waals surface area contributed by atoms with Crippen molar-refractivity contribution in [2.45, 2.75) is 6.61 Å². The van der Waals surface area contributed by atoms with E-state index < -0.39 is 0 Å². The van der Waals surface area contributed by atoms with Crippen LogP contribution in [0.4, 0.5) is 5.69 Å². The van der Waals surface area contributed by atoms with E-state index in [1.54, 1.807) is 6.07 Å². The Morgan fingerprint density at radius 1 is 1.45 bits per heavy atom. The molecule has 0 saturated heterocycles. The van der Waals surface area contributed by atoms with Crippen LogP contribution < -0.4 is 5.73 Å². The number of anilines is 1. The number of para-hydroxylation sites is 1. The van der Waals surface area contributed by atoms with Gasteiger partial charge in [0.2, 0.25) is 0 Å². The number of hydrogen-bond acceptors (Lipinski definition) is 3. The zero-order valence-electron chi connectivity index (χ0n) is 5.99. The van der Waals surface area contributed by atoms with Gasteiger partial charge in [0.15, 0.2) is 0 Å². The normalized spacial score (nSPS) is 9.09. The number of nitrogens with two attached hydrogens (primary N) is 1. The summed E-state index contributed by atoms with van der Waals surface area (Å²) in [7, 11) is 0. The van der Waals surface area contributed by atoms with Crippen molar-refractivity contribution in [1.29, 1.82) is 0 Å². The average Bonchev–Trinajstić information content (AvgIpc) is 2.03. The van der Waals surface area contributed by atoms with E-state index in [1.165, 1.54) is 0 Å². The van der Waals surface area contributed by atoms with E-state index in [2.05, 4.69) is 4.74 Å². The third kappa shape index (κ3) is 1.97. The molecular formula is C8H9NO2. The predicted octanol–water partition coefficient (Wildman–Crippen LogP) is 0.942. The Hall–Kier alpha value is -1.51. The zero-order valence-corrected chi connectivity index (χ0v) is 5.99. The molecule has 0 amide bonds. The highest BCUT2D eigenvalue weighted by Gasteiger charge is 1.95. The Bertz CT molecular complexity index is 248. The van der Waals surface area contributed by atoms with Gasteiger partial charge in [-0.25, -0.2) is 0 Å². The highest BCUT2D eigenvalue weighted by molar-refractivity contribution is 5.47. The molecule has 11 heavy (non-hydrogen) atoms. The van der Waals surface area contributed by atoms with Gasteiger partial charge in [0.25, 0.3) is 6.47 Å². The van der Waals surface area contributed by atoms with Crippen molar-refractivity contribution in [3.05, 3.63) is 29.8 Å². The molecule has 3 heteroatoms. The van der Waals surface area contributed by atoms with Gasteiger partial charge in [-0.2, -0.15) is 0 Å². The van der Waals surface area contributed by atoms with Crippen molar-refractivity contribution < 1.29 is 9.53 Å². The molecule has 0 unspecified atom stereocenters. The van der Waals surface area contributed by atoms with Gasteiger partial charge >= 0.3 is 0 Å². The lowest BCUT2D eigenvalue weighted by Crippen LogP contribution is -1.95. The minimum Gasteiger partial charge on any atom is -0.463 e. The van der Waals surface area contributed by atoms with E-state index >= 15 is 0 Å². The van der Waals surface area contributed by atoms with E-state index in [9.17, 15) is 4.79 Å². The Morgan fingerprint density at radius 2 is 2.18 bits per heavy atom. The summed E-state index contributed by atoms with van der Waals surface area (Å²) in [6, 6.07) is 7.27. The molecule has 3 nitrogen and oxygen atoms in total. The fourth-order valence-corrected chi connectivity index (χ4v) is 0.789. The number of rotatable bonds is 3. The fraction of sp³-hybridized carbons (Fsp3) is 0.125. The van der Waals surface area contributed by atoms with Crippen LogP contribution in [0.1, 0.15) is 5.56 Å².